The molecule has 1 N–H and O–H groups in total. The van der Waals surface area contributed by atoms with Crippen molar-refractivity contribution < 1.29 is 13.9 Å². The van der Waals surface area contributed by atoms with Gasteiger partial charge in [0, 0.05) is 18.9 Å². The largest absolute Gasteiger partial charge is 0.396 e. The van der Waals surface area contributed by atoms with Gasteiger partial charge in [-0.05, 0) is 24.5 Å². The first kappa shape index (κ1) is 10.8. The molecule has 0 aromatic carbocycles. The molecular formula is C9H11F2NO2. The highest BCUT2D eigenvalue weighted by Crippen LogP contribution is 2.07. The van der Waals surface area contributed by atoms with Gasteiger partial charge in [-0.3, -0.25) is 9.36 Å². The zero-order valence-corrected chi connectivity index (χ0v) is 7.49. The van der Waals surface area contributed by atoms with Gasteiger partial charge in [-0.1, -0.05) is 0 Å². The van der Waals surface area contributed by atoms with Crippen LogP contribution < -0.4 is 5.56 Å². The van der Waals surface area contributed by atoms with E-state index in [1.165, 1.54) is 12.1 Å². The summed E-state index contributed by atoms with van der Waals surface area (Å²) in [6, 6.07) is 2.63. The minimum absolute atomic E-state index is 0.0257. The Labute approximate surface area is 79.6 Å². The fourth-order valence-corrected chi connectivity index (χ4v) is 1.13. The van der Waals surface area contributed by atoms with Crippen molar-refractivity contribution in [2.45, 2.75) is 19.4 Å². The van der Waals surface area contributed by atoms with Crippen molar-refractivity contribution in [3.63, 3.8) is 0 Å². The quantitative estimate of drug-likeness (QED) is 0.798. The van der Waals surface area contributed by atoms with Gasteiger partial charge in [-0.2, -0.15) is 8.78 Å². The average molecular weight is 203 g/mol. The predicted octanol–water partition coefficient (Wildman–Crippen LogP) is 1.17. The maximum absolute atomic E-state index is 12.1. The van der Waals surface area contributed by atoms with Crippen molar-refractivity contribution in [3.8, 4) is 0 Å². The number of hydrogen-bond acceptors (Lipinski definition) is 2. The third kappa shape index (κ3) is 2.63. The molecular weight excluding hydrogens is 192 g/mol. The van der Waals surface area contributed by atoms with Gasteiger partial charge in [0.15, 0.2) is 0 Å². The van der Waals surface area contributed by atoms with Gasteiger partial charge in [0.2, 0.25) is 0 Å². The smallest absolute Gasteiger partial charge is 0.321 e. The molecule has 3 nitrogen and oxygen atoms in total. The summed E-state index contributed by atoms with van der Waals surface area (Å²) in [6.45, 7) is -2.77. The molecule has 0 saturated heterocycles. The Hall–Kier alpha value is -1.23. The van der Waals surface area contributed by atoms with E-state index in [1.807, 2.05) is 0 Å². The number of aryl methyl sites for hydroxylation is 1. The molecule has 0 saturated carbocycles. The van der Waals surface area contributed by atoms with E-state index < -0.39 is 12.1 Å². The van der Waals surface area contributed by atoms with Gasteiger partial charge < -0.3 is 5.11 Å². The lowest BCUT2D eigenvalue weighted by molar-refractivity contribution is 0.0663. The molecule has 0 amide bonds. The molecule has 0 aliphatic carbocycles. The van der Waals surface area contributed by atoms with E-state index in [4.69, 9.17) is 5.11 Å². The minimum Gasteiger partial charge on any atom is -0.396 e. The molecule has 0 aliphatic rings. The average Bonchev–Trinajstić information content (AvgIpc) is 2.14. The Morgan fingerprint density at radius 3 is 2.71 bits per heavy atom. The van der Waals surface area contributed by atoms with E-state index in [0.717, 1.165) is 6.20 Å². The number of rotatable bonds is 4. The van der Waals surface area contributed by atoms with Crippen molar-refractivity contribution >= 4 is 0 Å². The fourth-order valence-electron chi connectivity index (χ4n) is 1.13. The molecule has 0 unspecified atom stereocenters. The number of pyridine rings is 1. The Balaban J connectivity index is 2.84. The lowest BCUT2D eigenvalue weighted by Gasteiger charge is -2.04. The fraction of sp³-hybridized carbons (Fsp3) is 0.444. The molecule has 14 heavy (non-hydrogen) atoms. The van der Waals surface area contributed by atoms with E-state index in [9.17, 15) is 13.6 Å². The van der Waals surface area contributed by atoms with Crippen LogP contribution in [0.2, 0.25) is 0 Å². The molecule has 78 valence electrons. The van der Waals surface area contributed by atoms with E-state index >= 15 is 0 Å². The standard InChI is InChI=1S/C9H11F2NO2/c10-9(11)12-4-3-7(2-1-5-13)6-8(12)14/h3-4,6,9,13H,1-2,5H2. The summed E-state index contributed by atoms with van der Waals surface area (Å²) in [5.41, 5.74) is -0.0450. The van der Waals surface area contributed by atoms with Crippen LogP contribution in [0.3, 0.4) is 0 Å². The van der Waals surface area contributed by atoms with Gasteiger partial charge in [0.1, 0.15) is 0 Å². The van der Waals surface area contributed by atoms with Crippen LogP contribution in [0.1, 0.15) is 18.5 Å². The van der Waals surface area contributed by atoms with Gasteiger partial charge in [-0.25, -0.2) is 0 Å². The van der Waals surface area contributed by atoms with Crippen LogP contribution in [0.15, 0.2) is 23.1 Å². The summed E-state index contributed by atoms with van der Waals surface area (Å²) >= 11 is 0. The minimum atomic E-state index is -2.80. The van der Waals surface area contributed by atoms with E-state index in [0.29, 0.717) is 23.0 Å². The highest BCUT2D eigenvalue weighted by molar-refractivity contribution is 5.11. The van der Waals surface area contributed by atoms with Crippen LogP contribution in [0.5, 0.6) is 0 Å². The summed E-state index contributed by atoms with van der Waals surface area (Å²) in [5.74, 6) is 0. The monoisotopic (exact) mass is 203 g/mol. The molecule has 0 radical (unpaired) electrons. The number of halogens is 2. The van der Waals surface area contributed by atoms with Gasteiger partial charge in [0.25, 0.3) is 5.56 Å². The summed E-state index contributed by atoms with van der Waals surface area (Å²) in [5, 5.41) is 8.54. The molecule has 0 spiro atoms. The molecule has 0 fully saturated rings. The van der Waals surface area contributed by atoms with Crippen LogP contribution in [-0.4, -0.2) is 16.3 Å². The number of aromatic nitrogens is 1. The zero-order valence-electron chi connectivity index (χ0n) is 7.49. The second-order valence-corrected chi connectivity index (χ2v) is 2.89. The predicted molar refractivity (Wildman–Crippen MR) is 47.4 cm³/mol. The van der Waals surface area contributed by atoms with E-state index in [1.54, 1.807) is 0 Å². The second kappa shape index (κ2) is 4.85. The molecule has 0 aliphatic heterocycles. The number of aliphatic hydroxyl groups is 1. The third-order valence-corrected chi connectivity index (χ3v) is 1.85. The zero-order chi connectivity index (χ0) is 10.6. The Bertz CT molecular complexity index is 349. The molecule has 1 aromatic rings. The summed E-state index contributed by atoms with van der Waals surface area (Å²) < 4.78 is 24.6. The first-order valence-corrected chi connectivity index (χ1v) is 4.25. The van der Waals surface area contributed by atoms with Gasteiger partial charge >= 0.3 is 6.55 Å². The molecule has 1 aromatic heterocycles. The Morgan fingerprint density at radius 2 is 2.21 bits per heavy atom. The van der Waals surface area contributed by atoms with Crippen molar-refractivity contribution in [1.29, 1.82) is 0 Å². The highest BCUT2D eigenvalue weighted by atomic mass is 19.3. The second-order valence-electron chi connectivity index (χ2n) is 2.89. The van der Waals surface area contributed by atoms with Gasteiger partial charge in [0.05, 0.1) is 0 Å². The summed E-state index contributed by atoms with van der Waals surface area (Å²) in [6.07, 6.45) is 2.12. The first-order chi connectivity index (χ1) is 6.65. The van der Waals surface area contributed by atoms with Gasteiger partial charge in [-0.15, -0.1) is 0 Å². The van der Waals surface area contributed by atoms with Crippen molar-refractivity contribution in [2.24, 2.45) is 0 Å². The maximum atomic E-state index is 12.1. The Kier molecular flexibility index (Phi) is 3.76. The molecule has 0 atom stereocenters. The van der Waals surface area contributed by atoms with Crippen molar-refractivity contribution in [3.05, 3.63) is 34.2 Å². The van der Waals surface area contributed by atoms with E-state index in [2.05, 4.69) is 0 Å². The number of nitrogens with zero attached hydrogens (tertiary/aromatic N) is 1. The summed E-state index contributed by atoms with van der Waals surface area (Å²) in [4.78, 5) is 11.1. The number of alkyl halides is 2. The van der Waals surface area contributed by atoms with Crippen LogP contribution in [0.25, 0.3) is 0 Å². The number of aliphatic hydroxyl groups excluding tert-OH is 1. The SMILES string of the molecule is O=c1cc(CCCO)ccn1C(F)F. The molecule has 0 bridgehead atoms. The van der Waals surface area contributed by atoms with E-state index in [-0.39, 0.29) is 6.61 Å². The van der Waals surface area contributed by atoms with Crippen LogP contribution >= 0.6 is 0 Å². The van der Waals surface area contributed by atoms with Crippen LogP contribution in [-0.2, 0) is 6.42 Å². The third-order valence-electron chi connectivity index (χ3n) is 1.85. The lowest BCUT2D eigenvalue weighted by atomic mass is 10.1. The van der Waals surface area contributed by atoms with Crippen LogP contribution in [0, 0.1) is 0 Å². The molecule has 1 heterocycles. The normalized spacial score (nSPS) is 10.9. The van der Waals surface area contributed by atoms with Crippen molar-refractivity contribution in [2.75, 3.05) is 6.61 Å². The van der Waals surface area contributed by atoms with Crippen molar-refractivity contribution in [1.82, 2.24) is 4.57 Å². The van der Waals surface area contributed by atoms with Crippen LogP contribution in [0.4, 0.5) is 8.78 Å². The topological polar surface area (TPSA) is 42.2 Å². The summed E-state index contributed by atoms with van der Waals surface area (Å²) in [7, 11) is 0. The number of hydrogen-bond donors (Lipinski definition) is 1. The lowest BCUT2D eigenvalue weighted by Crippen LogP contribution is -2.19. The molecule has 5 heteroatoms. The Morgan fingerprint density at radius 1 is 1.50 bits per heavy atom. The maximum Gasteiger partial charge on any atom is 0.321 e. The highest BCUT2D eigenvalue weighted by Gasteiger charge is 2.06. The molecule has 1 rings (SSSR count). The first-order valence-electron chi connectivity index (χ1n) is 4.25.